The molecule has 0 radical (unpaired) electrons. The molecule has 0 saturated carbocycles. The second-order valence-electron chi connectivity index (χ2n) is 2.98. The van der Waals surface area contributed by atoms with Crippen LogP contribution in [-0.2, 0) is 4.74 Å². The number of anilines is 1. The smallest absolute Gasteiger partial charge is 0.411 e. The molecule has 1 aromatic carbocycles. The van der Waals surface area contributed by atoms with Gasteiger partial charge >= 0.3 is 6.09 Å². The first-order chi connectivity index (χ1) is 7.61. The fourth-order valence-electron chi connectivity index (χ4n) is 0.910. The van der Waals surface area contributed by atoms with Gasteiger partial charge in [-0.25, -0.2) is 4.79 Å². The fraction of sp³-hybridized carbons (Fsp3) is 0.182. The van der Waals surface area contributed by atoms with Crippen LogP contribution >= 0.6 is 27.5 Å². The Labute approximate surface area is 108 Å². The predicted molar refractivity (Wildman–Crippen MR) is 69.0 cm³/mol. The molecule has 3 nitrogen and oxygen atoms in total. The second-order valence-corrected chi connectivity index (χ2v) is 4.46. The number of carbonyl (C=O) groups excluding carboxylic acids is 1. The summed E-state index contributed by atoms with van der Waals surface area (Å²) in [5.41, 5.74) is 0.665. The van der Waals surface area contributed by atoms with Crippen molar-refractivity contribution >= 4 is 39.3 Å². The molecule has 1 aromatic rings. The van der Waals surface area contributed by atoms with Crippen molar-refractivity contribution in [1.82, 2.24) is 0 Å². The van der Waals surface area contributed by atoms with Gasteiger partial charge in [0.2, 0.25) is 0 Å². The lowest BCUT2D eigenvalue weighted by atomic mass is 10.3. The molecule has 0 aliphatic rings. The summed E-state index contributed by atoms with van der Waals surface area (Å²) in [7, 11) is 0. The van der Waals surface area contributed by atoms with Gasteiger partial charge in [-0.3, -0.25) is 5.32 Å². The van der Waals surface area contributed by atoms with Crippen molar-refractivity contribution in [2.75, 3.05) is 11.9 Å². The van der Waals surface area contributed by atoms with Gasteiger partial charge in [-0.1, -0.05) is 22.0 Å². The van der Waals surface area contributed by atoms with E-state index in [0.717, 1.165) is 4.47 Å². The van der Waals surface area contributed by atoms with Crippen LogP contribution in [0.15, 0.2) is 41.4 Å². The van der Waals surface area contributed by atoms with E-state index in [1.807, 2.05) is 12.1 Å². The molecule has 1 amide bonds. The third-order valence-corrected chi connectivity index (χ3v) is 2.55. The summed E-state index contributed by atoms with van der Waals surface area (Å²) in [6.07, 6.45) is 0.976. The number of amides is 1. The monoisotopic (exact) mass is 303 g/mol. The molecule has 16 heavy (non-hydrogen) atoms. The third kappa shape index (κ3) is 4.68. The molecule has 0 saturated heterocycles. The van der Waals surface area contributed by atoms with Crippen LogP contribution in [0.1, 0.15) is 0 Å². The molecule has 1 N–H and O–H groups in total. The molecule has 1 rings (SSSR count). The number of nitrogens with one attached hydrogen (secondary N) is 1. The first-order valence-corrected chi connectivity index (χ1v) is 5.80. The van der Waals surface area contributed by atoms with Gasteiger partial charge in [0.05, 0.1) is 5.38 Å². The second kappa shape index (κ2) is 6.55. The lowest BCUT2D eigenvalue weighted by Crippen LogP contribution is -2.17. The SMILES string of the molecule is C=CC(Cl)COC(=O)Nc1ccc(Br)cc1. The summed E-state index contributed by atoms with van der Waals surface area (Å²) in [6, 6.07) is 7.17. The molecule has 0 fully saturated rings. The minimum absolute atomic E-state index is 0.105. The van der Waals surface area contributed by atoms with Crippen molar-refractivity contribution < 1.29 is 9.53 Å². The predicted octanol–water partition coefficient (Wildman–Crippen LogP) is 3.79. The number of halogens is 2. The number of ether oxygens (including phenoxy) is 1. The number of hydrogen-bond acceptors (Lipinski definition) is 2. The number of hydrogen-bond donors (Lipinski definition) is 1. The van der Waals surface area contributed by atoms with E-state index < -0.39 is 6.09 Å². The van der Waals surface area contributed by atoms with E-state index in [1.165, 1.54) is 6.08 Å². The molecule has 0 aromatic heterocycles. The highest BCUT2D eigenvalue weighted by Gasteiger charge is 2.05. The average Bonchev–Trinajstić information content (AvgIpc) is 2.29. The minimum Gasteiger partial charge on any atom is -0.447 e. The van der Waals surface area contributed by atoms with Gasteiger partial charge in [-0.2, -0.15) is 0 Å². The zero-order valence-electron chi connectivity index (χ0n) is 8.45. The minimum atomic E-state index is -0.533. The van der Waals surface area contributed by atoms with Crippen LogP contribution in [0, 0.1) is 0 Å². The summed E-state index contributed by atoms with van der Waals surface area (Å²) >= 11 is 9.00. The van der Waals surface area contributed by atoms with Crippen LogP contribution in [0.2, 0.25) is 0 Å². The summed E-state index contributed by atoms with van der Waals surface area (Å²) in [5.74, 6) is 0. The molecule has 5 heteroatoms. The first kappa shape index (κ1) is 13.1. The van der Waals surface area contributed by atoms with E-state index in [-0.39, 0.29) is 12.0 Å². The van der Waals surface area contributed by atoms with Crippen molar-refractivity contribution in [3.05, 3.63) is 41.4 Å². The zero-order chi connectivity index (χ0) is 12.0. The quantitative estimate of drug-likeness (QED) is 0.679. The fourth-order valence-corrected chi connectivity index (χ4v) is 1.24. The zero-order valence-corrected chi connectivity index (χ0v) is 10.8. The average molecular weight is 305 g/mol. The number of alkyl halides is 1. The van der Waals surface area contributed by atoms with Crippen molar-refractivity contribution in [2.24, 2.45) is 0 Å². The highest BCUT2D eigenvalue weighted by Crippen LogP contribution is 2.14. The van der Waals surface area contributed by atoms with Gasteiger partial charge in [-0.05, 0) is 24.3 Å². The molecule has 86 valence electrons. The molecular formula is C11H11BrClNO2. The van der Waals surface area contributed by atoms with E-state index in [1.54, 1.807) is 12.1 Å². The van der Waals surface area contributed by atoms with Crippen molar-refractivity contribution in [1.29, 1.82) is 0 Å². The molecule has 0 spiro atoms. The number of carbonyl (C=O) groups is 1. The van der Waals surface area contributed by atoms with Crippen LogP contribution in [-0.4, -0.2) is 18.1 Å². The van der Waals surface area contributed by atoms with Crippen LogP contribution in [0.3, 0.4) is 0 Å². The third-order valence-electron chi connectivity index (χ3n) is 1.72. The maximum atomic E-state index is 11.3. The van der Waals surface area contributed by atoms with E-state index in [2.05, 4.69) is 27.8 Å². The van der Waals surface area contributed by atoms with E-state index in [9.17, 15) is 4.79 Å². The molecule has 1 unspecified atom stereocenters. The van der Waals surface area contributed by atoms with Gasteiger partial charge in [0.15, 0.2) is 0 Å². The van der Waals surface area contributed by atoms with Crippen molar-refractivity contribution in [3.63, 3.8) is 0 Å². The van der Waals surface area contributed by atoms with E-state index in [4.69, 9.17) is 16.3 Å². The van der Waals surface area contributed by atoms with Gasteiger partial charge in [-0.15, -0.1) is 18.2 Å². The largest absolute Gasteiger partial charge is 0.447 e. The Hall–Kier alpha value is -1.000. The van der Waals surface area contributed by atoms with Crippen LogP contribution in [0.25, 0.3) is 0 Å². The molecule has 0 heterocycles. The Morgan fingerprint density at radius 2 is 2.19 bits per heavy atom. The van der Waals surface area contributed by atoms with Gasteiger partial charge in [0.1, 0.15) is 6.61 Å². The highest BCUT2D eigenvalue weighted by atomic mass is 79.9. The van der Waals surface area contributed by atoms with Crippen LogP contribution < -0.4 is 5.32 Å². The van der Waals surface area contributed by atoms with Gasteiger partial charge in [0, 0.05) is 10.2 Å². The van der Waals surface area contributed by atoms with E-state index >= 15 is 0 Å². The topological polar surface area (TPSA) is 38.3 Å². The first-order valence-electron chi connectivity index (χ1n) is 4.58. The maximum absolute atomic E-state index is 11.3. The maximum Gasteiger partial charge on any atom is 0.411 e. The Morgan fingerprint density at radius 1 is 1.56 bits per heavy atom. The molecule has 0 bridgehead atoms. The summed E-state index contributed by atoms with van der Waals surface area (Å²) in [5, 5.41) is 2.21. The Balaban J connectivity index is 2.39. The summed E-state index contributed by atoms with van der Waals surface area (Å²) < 4.78 is 5.81. The Kier molecular flexibility index (Phi) is 5.35. The lowest BCUT2D eigenvalue weighted by Gasteiger charge is -2.08. The van der Waals surface area contributed by atoms with Gasteiger partial charge in [0.25, 0.3) is 0 Å². The Bertz CT molecular complexity index is 367. The standard InChI is InChI=1S/C11H11BrClNO2/c1-2-9(13)7-16-11(15)14-10-5-3-8(12)4-6-10/h2-6,9H,1,7H2,(H,14,15). The summed E-state index contributed by atoms with van der Waals surface area (Å²) in [6.45, 7) is 3.59. The van der Waals surface area contributed by atoms with Crippen LogP contribution in [0.4, 0.5) is 10.5 Å². The molecule has 0 aliphatic heterocycles. The number of rotatable bonds is 4. The van der Waals surface area contributed by atoms with Gasteiger partial charge < -0.3 is 4.74 Å². The van der Waals surface area contributed by atoms with E-state index in [0.29, 0.717) is 5.69 Å². The van der Waals surface area contributed by atoms with Crippen LogP contribution in [0.5, 0.6) is 0 Å². The Morgan fingerprint density at radius 3 is 2.75 bits per heavy atom. The van der Waals surface area contributed by atoms with Crippen molar-refractivity contribution in [3.8, 4) is 0 Å². The highest BCUT2D eigenvalue weighted by molar-refractivity contribution is 9.10. The van der Waals surface area contributed by atoms with Crippen molar-refractivity contribution in [2.45, 2.75) is 5.38 Å². The lowest BCUT2D eigenvalue weighted by molar-refractivity contribution is 0.164. The summed E-state index contributed by atoms with van der Waals surface area (Å²) in [4.78, 5) is 11.3. The molecule has 0 aliphatic carbocycles. The molecule has 1 atom stereocenters. The normalized spacial score (nSPS) is 11.6. The molecular weight excluding hydrogens is 293 g/mol. The number of benzene rings is 1.